The van der Waals surface area contributed by atoms with E-state index in [1.807, 2.05) is 0 Å². The first-order valence-electron chi connectivity index (χ1n) is 8.79. The van der Waals surface area contributed by atoms with Gasteiger partial charge in [-0.05, 0) is 44.4 Å². The van der Waals surface area contributed by atoms with Crippen LogP contribution < -0.4 is 5.32 Å². The van der Waals surface area contributed by atoms with E-state index >= 15 is 0 Å². The molecule has 0 bridgehead atoms. The number of hydrogen-bond acceptors (Lipinski definition) is 4. The minimum Gasteiger partial charge on any atom is -0.441 e. The minimum atomic E-state index is -0.381. The van der Waals surface area contributed by atoms with E-state index < -0.39 is 0 Å². The zero-order valence-corrected chi connectivity index (χ0v) is 14.8. The summed E-state index contributed by atoms with van der Waals surface area (Å²) in [6.45, 7) is 3.21. The van der Waals surface area contributed by atoms with E-state index in [-0.39, 0.29) is 36.5 Å². The molecule has 1 aromatic carbocycles. The minimum absolute atomic E-state index is 0.00745. The highest BCUT2D eigenvalue weighted by molar-refractivity contribution is 5.85. The molecule has 7 heteroatoms. The van der Waals surface area contributed by atoms with Gasteiger partial charge in [-0.3, -0.25) is 9.59 Å². The van der Waals surface area contributed by atoms with Crippen LogP contribution in [-0.2, 0) is 16.0 Å². The lowest BCUT2D eigenvalue weighted by Crippen LogP contribution is -2.42. The predicted molar refractivity (Wildman–Crippen MR) is 93.8 cm³/mol. The summed E-state index contributed by atoms with van der Waals surface area (Å²) in [5.74, 6) is 0.0396. The fourth-order valence-electron chi connectivity index (χ4n) is 2.98. The van der Waals surface area contributed by atoms with Crippen molar-refractivity contribution in [2.24, 2.45) is 0 Å². The van der Waals surface area contributed by atoms with Crippen LogP contribution in [0.2, 0.25) is 0 Å². The van der Waals surface area contributed by atoms with Crippen LogP contribution in [-0.4, -0.2) is 41.3 Å². The molecule has 3 rings (SSSR count). The van der Waals surface area contributed by atoms with Crippen LogP contribution in [0, 0.1) is 12.7 Å². The summed E-state index contributed by atoms with van der Waals surface area (Å²) in [7, 11) is 0. The smallest absolute Gasteiger partial charge is 0.241 e. The maximum Gasteiger partial charge on any atom is 0.241 e. The lowest BCUT2D eigenvalue weighted by molar-refractivity contribution is -0.133. The zero-order chi connectivity index (χ0) is 18.5. The van der Waals surface area contributed by atoms with Gasteiger partial charge in [0.05, 0.1) is 18.7 Å². The van der Waals surface area contributed by atoms with Gasteiger partial charge in [0.25, 0.3) is 0 Å². The van der Waals surface area contributed by atoms with Gasteiger partial charge in [0, 0.05) is 18.7 Å². The van der Waals surface area contributed by atoms with Crippen molar-refractivity contribution in [1.29, 1.82) is 0 Å². The molecule has 2 amide bonds. The molecular formula is C19H22FN3O3. The first-order valence-corrected chi connectivity index (χ1v) is 8.79. The molecule has 6 nitrogen and oxygen atoms in total. The average Bonchev–Trinajstić information content (AvgIpc) is 3.01. The van der Waals surface area contributed by atoms with E-state index in [1.165, 1.54) is 12.1 Å². The normalized spacial score (nSPS) is 14.3. The molecular weight excluding hydrogens is 337 g/mol. The van der Waals surface area contributed by atoms with Crippen LogP contribution in [0.15, 0.2) is 28.7 Å². The second-order valence-electron chi connectivity index (χ2n) is 6.43. The summed E-state index contributed by atoms with van der Waals surface area (Å²) < 4.78 is 18.9. The Kier molecular flexibility index (Phi) is 5.65. The van der Waals surface area contributed by atoms with Crippen LogP contribution >= 0.6 is 0 Å². The molecule has 1 aliphatic rings. The van der Waals surface area contributed by atoms with Gasteiger partial charge >= 0.3 is 0 Å². The summed E-state index contributed by atoms with van der Waals surface area (Å²) in [4.78, 5) is 30.3. The molecule has 1 fully saturated rings. The Balaban J connectivity index is 1.56. The first kappa shape index (κ1) is 18.1. The Morgan fingerprint density at radius 2 is 2.04 bits per heavy atom. The molecule has 0 saturated carbocycles. The quantitative estimate of drug-likeness (QED) is 0.890. The standard InChI is InChI=1S/C19H22FN3O3/c1-13-16(22-19(26-13)14-6-5-7-15(20)10-14)11-17(24)21-12-18(25)23-8-3-2-4-9-23/h5-7,10H,2-4,8-9,11-12H2,1H3,(H,21,24). The van der Waals surface area contributed by atoms with Crippen LogP contribution in [0.3, 0.4) is 0 Å². The Morgan fingerprint density at radius 1 is 1.27 bits per heavy atom. The molecule has 2 aromatic rings. The van der Waals surface area contributed by atoms with E-state index in [1.54, 1.807) is 24.0 Å². The van der Waals surface area contributed by atoms with Crippen LogP contribution in [0.25, 0.3) is 11.5 Å². The molecule has 0 aliphatic carbocycles. The number of carbonyl (C=O) groups excluding carboxylic acids is 2. The molecule has 1 saturated heterocycles. The molecule has 0 spiro atoms. The largest absolute Gasteiger partial charge is 0.441 e. The fraction of sp³-hybridized carbons (Fsp3) is 0.421. The Hall–Kier alpha value is -2.70. The van der Waals surface area contributed by atoms with E-state index in [2.05, 4.69) is 10.3 Å². The van der Waals surface area contributed by atoms with Gasteiger partial charge in [-0.25, -0.2) is 9.37 Å². The number of nitrogens with one attached hydrogen (secondary N) is 1. The van der Waals surface area contributed by atoms with E-state index in [0.29, 0.717) is 17.0 Å². The number of amides is 2. The van der Waals surface area contributed by atoms with Crippen LogP contribution in [0.4, 0.5) is 4.39 Å². The van der Waals surface area contributed by atoms with Crippen LogP contribution in [0.5, 0.6) is 0 Å². The van der Waals surface area contributed by atoms with E-state index in [4.69, 9.17) is 4.42 Å². The molecule has 0 radical (unpaired) electrons. The Labute approximate surface area is 151 Å². The number of likely N-dealkylation sites (tertiary alicyclic amines) is 1. The third-order valence-electron chi connectivity index (χ3n) is 4.44. The van der Waals surface area contributed by atoms with Gasteiger partial charge in [0.1, 0.15) is 11.6 Å². The van der Waals surface area contributed by atoms with Gasteiger partial charge in [-0.2, -0.15) is 0 Å². The van der Waals surface area contributed by atoms with Gasteiger partial charge in [-0.1, -0.05) is 6.07 Å². The number of aromatic nitrogens is 1. The van der Waals surface area contributed by atoms with Crippen LogP contribution in [0.1, 0.15) is 30.7 Å². The number of piperidine rings is 1. The topological polar surface area (TPSA) is 75.4 Å². The molecule has 1 N–H and O–H groups in total. The molecule has 26 heavy (non-hydrogen) atoms. The maximum atomic E-state index is 13.3. The first-order chi connectivity index (χ1) is 12.5. The number of halogens is 1. The number of aryl methyl sites for hydroxylation is 1. The van der Waals surface area contributed by atoms with Crippen molar-refractivity contribution >= 4 is 11.8 Å². The monoisotopic (exact) mass is 359 g/mol. The predicted octanol–water partition coefficient (Wildman–Crippen LogP) is 2.46. The van der Waals surface area contributed by atoms with Crippen molar-refractivity contribution in [2.75, 3.05) is 19.6 Å². The lowest BCUT2D eigenvalue weighted by Gasteiger charge is -2.26. The molecule has 138 valence electrons. The average molecular weight is 359 g/mol. The van der Waals surface area contributed by atoms with Crippen molar-refractivity contribution in [2.45, 2.75) is 32.6 Å². The van der Waals surface area contributed by atoms with E-state index in [9.17, 15) is 14.0 Å². The lowest BCUT2D eigenvalue weighted by atomic mass is 10.1. The summed E-state index contributed by atoms with van der Waals surface area (Å²) in [5, 5.41) is 2.64. The summed E-state index contributed by atoms with van der Waals surface area (Å²) in [6, 6.07) is 5.93. The van der Waals surface area contributed by atoms with Crippen molar-refractivity contribution in [3.8, 4) is 11.5 Å². The summed E-state index contributed by atoms with van der Waals surface area (Å²) >= 11 is 0. The van der Waals surface area contributed by atoms with Gasteiger partial charge < -0.3 is 14.6 Å². The number of oxazole rings is 1. The zero-order valence-electron chi connectivity index (χ0n) is 14.8. The van der Waals surface area contributed by atoms with Crippen molar-refractivity contribution < 1.29 is 18.4 Å². The fourth-order valence-corrected chi connectivity index (χ4v) is 2.98. The molecule has 2 heterocycles. The Bertz CT molecular complexity index is 797. The third-order valence-corrected chi connectivity index (χ3v) is 4.44. The van der Waals surface area contributed by atoms with Crippen molar-refractivity contribution in [3.05, 3.63) is 41.5 Å². The molecule has 1 aromatic heterocycles. The molecule has 1 aliphatic heterocycles. The maximum absolute atomic E-state index is 13.3. The van der Waals surface area contributed by atoms with Gasteiger partial charge in [0.15, 0.2) is 0 Å². The van der Waals surface area contributed by atoms with Crippen molar-refractivity contribution in [1.82, 2.24) is 15.2 Å². The molecule has 0 atom stereocenters. The number of hydrogen-bond donors (Lipinski definition) is 1. The van der Waals surface area contributed by atoms with Gasteiger partial charge in [-0.15, -0.1) is 0 Å². The number of carbonyl (C=O) groups is 2. The second-order valence-corrected chi connectivity index (χ2v) is 6.43. The summed E-state index contributed by atoms with van der Waals surface area (Å²) in [6.07, 6.45) is 3.19. The number of benzene rings is 1. The van der Waals surface area contributed by atoms with E-state index in [0.717, 1.165) is 32.4 Å². The second kappa shape index (κ2) is 8.12. The number of rotatable bonds is 5. The summed E-state index contributed by atoms with van der Waals surface area (Å²) in [5.41, 5.74) is 0.993. The highest BCUT2D eigenvalue weighted by atomic mass is 19.1. The van der Waals surface area contributed by atoms with Gasteiger partial charge in [0.2, 0.25) is 17.7 Å². The highest BCUT2D eigenvalue weighted by Crippen LogP contribution is 2.22. The molecule has 0 unspecified atom stereocenters. The number of nitrogens with zero attached hydrogens (tertiary/aromatic N) is 2. The highest BCUT2D eigenvalue weighted by Gasteiger charge is 2.18. The third kappa shape index (κ3) is 4.47. The SMILES string of the molecule is Cc1oc(-c2cccc(F)c2)nc1CC(=O)NCC(=O)N1CCCCC1. The van der Waals surface area contributed by atoms with Crippen molar-refractivity contribution in [3.63, 3.8) is 0 Å². The Morgan fingerprint density at radius 3 is 2.77 bits per heavy atom.